The fourth-order valence-corrected chi connectivity index (χ4v) is 2.97. The monoisotopic (exact) mass is 371 g/mol. The predicted molar refractivity (Wildman–Crippen MR) is 108 cm³/mol. The van der Waals surface area contributed by atoms with Crippen molar-refractivity contribution in [2.45, 2.75) is 6.42 Å². The first kappa shape index (κ1) is 19.5. The number of hydrogen-bond donors (Lipinski definition) is 3. The Kier molecular flexibility index (Phi) is 7.32. The number of anilines is 2. The summed E-state index contributed by atoms with van der Waals surface area (Å²) in [5.41, 5.74) is 1.78. The fraction of sp³-hybridized carbons (Fsp3) is 0.526. The molecular formula is C19H29N7O. The van der Waals surface area contributed by atoms with E-state index in [9.17, 15) is 0 Å². The first-order chi connectivity index (χ1) is 13.2. The number of aromatic nitrogens is 3. The van der Waals surface area contributed by atoms with E-state index in [2.05, 4.69) is 42.4 Å². The number of likely N-dealkylation sites (N-methyl/N-ethyl adjacent to an activating group) is 1. The van der Waals surface area contributed by atoms with Crippen LogP contribution in [0, 0.1) is 0 Å². The summed E-state index contributed by atoms with van der Waals surface area (Å²) in [6.45, 7) is 7.07. The van der Waals surface area contributed by atoms with Crippen molar-refractivity contribution in [3.8, 4) is 11.3 Å². The van der Waals surface area contributed by atoms with Gasteiger partial charge in [0.15, 0.2) is 0 Å². The molecule has 2 aromatic heterocycles. The lowest BCUT2D eigenvalue weighted by atomic mass is 10.2. The van der Waals surface area contributed by atoms with E-state index in [-0.39, 0.29) is 6.61 Å². The zero-order valence-electron chi connectivity index (χ0n) is 15.9. The molecule has 1 saturated heterocycles. The zero-order valence-corrected chi connectivity index (χ0v) is 15.9. The molecule has 3 rings (SSSR count). The smallest absolute Gasteiger partial charge is 0.225 e. The summed E-state index contributed by atoms with van der Waals surface area (Å²) in [6, 6.07) is 5.84. The molecule has 0 amide bonds. The Morgan fingerprint density at radius 2 is 1.96 bits per heavy atom. The molecule has 8 nitrogen and oxygen atoms in total. The Hall–Kier alpha value is -2.29. The summed E-state index contributed by atoms with van der Waals surface area (Å²) >= 11 is 0. The van der Waals surface area contributed by atoms with Gasteiger partial charge in [0.2, 0.25) is 5.95 Å². The quantitative estimate of drug-likeness (QED) is 0.563. The molecule has 0 spiro atoms. The van der Waals surface area contributed by atoms with Crippen LogP contribution in [0.25, 0.3) is 11.3 Å². The summed E-state index contributed by atoms with van der Waals surface area (Å²) in [5, 5.41) is 15.6. The molecule has 8 heteroatoms. The SMILES string of the molecule is CN1CCN(CCNc2cc(-c3cccnc3)nc(NCCCO)n2)CC1. The van der Waals surface area contributed by atoms with Gasteiger partial charge in [-0.1, -0.05) is 0 Å². The number of aliphatic hydroxyl groups excluding tert-OH is 1. The van der Waals surface area contributed by atoms with E-state index in [1.165, 1.54) is 0 Å². The summed E-state index contributed by atoms with van der Waals surface area (Å²) in [7, 11) is 2.17. The minimum atomic E-state index is 0.144. The van der Waals surface area contributed by atoms with Gasteiger partial charge in [-0.15, -0.1) is 0 Å². The van der Waals surface area contributed by atoms with Crippen molar-refractivity contribution in [3.05, 3.63) is 30.6 Å². The van der Waals surface area contributed by atoms with Crippen LogP contribution in [0.2, 0.25) is 0 Å². The third-order valence-corrected chi connectivity index (χ3v) is 4.63. The Morgan fingerprint density at radius 1 is 1.11 bits per heavy atom. The molecule has 146 valence electrons. The molecule has 3 heterocycles. The van der Waals surface area contributed by atoms with Gasteiger partial charge in [0.25, 0.3) is 0 Å². The van der Waals surface area contributed by atoms with Crippen LogP contribution in [0.1, 0.15) is 6.42 Å². The molecule has 1 aliphatic heterocycles. The van der Waals surface area contributed by atoms with Crippen molar-refractivity contribution < 1.29 is 5.11 Å². The predicted octanol–water partition coefficient (Wildman–Crippen LogP) is 0.992. The number of nitrogens with one attached hydrogen (secondary N) is 2. The van der Waals surface area contributed by atoms with Gasteiger partial charge in [0.05, 0.1) is 5.69 Å². The number of pyridine rings is 1. The van der Waals surface area contributed by atoms with Gasteiger partial charge >= 0.3 is 0 Å². The third kappa shape index (κ3) is 6.13. The first-order valence-electron chi connectivity index (χ1n) is 9.53. The van der Waals surface area contributed by atoms with Gasteiger partial charge in [-0.2, -0.15) is 4.98 Å². The van der Waals surface area contributed by atoms with Crippen LogP contribution in [0.5, 0.6) is 0 Å². The van der Waals surface area contributed by atoms with Crippen LogP contribution in [0.15, 0.2) is 30.6 Å². The van der Waals surface area contributed by atoms with Crippen LogP contribution in [-0.4, -0.2) is 89.3 Å². The Labute approximate surface area is 160 Å². The second-order valence-electron chi connectivity index (χ2n) is 6.78. The van der Waals surface area contributed by atoms with Crippen molar-refractivity contribution >= 4 is 11.8 Å². The maximum Gasteiger partial charge on any atom is 0.225 e. The minimum Gasteiger partial charge on any atom is -0.396 e. The Morgan fingerprint density at radius 3 is 2.70 bits per heavy atom. The molecule has 0 atom stereocenters. The maximum atomic E-state index is 8.98. The van der Waals surface area contributed by atoms with E-state index in [1.807, 2.05) is 18.2 Å². The molecule has 27 heavy (non-hydrogen) atoms. The number of hydrogen-bond acceptors (Lipinski definition) is 8. The summed E-state index contributed by atoms with van der Waals surface area (Å²) in [6.07, 6.45) is 4.21. The lowest BCUT2D eigenvalue weighted by Gasteiger charge is -2.32. The maximum absolute atomic E-state index is 8.98. The zero-order chi connectivity index (χ0) is 18.9. The molecule has 0 radical (unpaired) electrons. The lowest BCUT2D eigenvalue weighted by molar-refractivity contribution is 0.158. The number of nitrogens with zero attached hydrogens (tertiary/aromatic N) is 5. The van der Waals surface area contributed by atoms with Crippen molar-refractivity contribution in [2.24, 2.45) is 0 Å². The number of aliphatic hydroxyl groups is 1. The highest BCUT2D eigenvalue weighted by molar-refractivity contribution is 5.63. The van der Waals surface area contributed by atoms with Crippen LogP contribution >= 0.6 is 0 Å². The van der Waals surface area contributed by atoms with Crippen molar-refractivity contribution in [1.82, 2.24) is 24.8 Å². The molecule has 2 aromatic rings. The Balaban J connectivity index is 1.64. The minimum absolute atomic E-state index is 0.144. The topological polar surface area (TPSA) is 89.4 Å². The molecule has 0 unspecified atom stereocenters. The molecule has 0 aromatic carbocycles. The van der Waals surface area contributed by atoms with Crippen LogP contribution in [0.4, 0.5) is 11.8 Å². The standard InChI is InChI=1S/C19H29N7O/c1-25-9-11-26(12-10-25)8-7-21-18-14-17(16-4-2-5-20-15-16)23-19(24-18)22-6-3-13-27/h2,4-5,14-15,27H,3,6-13H2,1H3,(H2,21,22,23,24). The van der Waals surface area contributed by atoms with E-state index in [4.69, 9.17) is 5.11 Å². The average Bonchev–Trinajstić information content (AvgIpc) is 2.70. The van der Waals surface area contributed by atoms with E-state index in [0.29, 0.717) is 18.9 Å². The lowest BCUT2D eigenvalue weighted by Crippen LogP contribution is -2.45. The van der Waals surface area contributed by atoms with Crippen LogP contribution < -0.4 is 10.6 Å². The molecule has 1 aliphatic rings. The highest BCUT2D eigenvalue weighted by Crippen LogP contribution is 2.20. The summed E-state index contributed by atoms with van der Waals surface area (Å²) < 4.78 is 0. The van der Waals surface area contributed by atoms with Gasteiger partial charge in [-0.3, -0.25) is 9.88 Å². The van der Waals surface area contributed by atoms with Gasteiger partial charge in [0.1, 0.15) is 5.82 Å². The van der Waals surface area contributed by atoms with Crippen LogP contribution in [0.3, 0.4) is 0 Å². The molecule has 0 saturated carbocycles. The third-order valence-electron chi connectivity index (χ3n) is 4.63. The number of rotatable bonds is 9. The fourth-order valence-electron chi connectivity index (χ4n) is 2.97. The highest BCUT2D eigenvalue weighted by Gasteiger charge is 2.13. The summed E-state index contributed by atoms with van der Waals surface area (Å²) in [4.78, 5) is 18.2. The van der Waals surface area contributed by atoms with Gasteiger partial charge in [-0.25, -0.2) is 4.98 Å². The van der Waals surface area contributed by atoms with E-state index in [0.717, 1.165) is 56.3 Å². The first-order valence-corrected chi connectivity index (χ1v) is 9.53. The van der Waals surface area contributed by atoms with E-state index in [1.54, 1.807) is 12.4 Å². The van der Waals surface area contributed by atoms with Crippen molar-refractivity contribution in [2.75, 3.05) is 70.1 Å². The molecule has 0 aliphatic carbocycles. The highest BCUT2D eigenvalue weighted by atomic mass is 16.3. The van der Waals surface area contributed by atoms with Gasteiger partial charge in [0, 0.05) is 76.4 Å². The molecule has 1 fully saturated rings. The van der Waals surface area contributed by atoms with Crippen molar-refractivity contribution in [3.63, 3.8) is 0 Å². The van der Waals surface area contributed by atoms with E-state index < -0.39 is 0 Å². The second-order valence-corrected chi connectivity index (χ2v) is 6.78. The number of piperazine rings is 1. The Bertz CT molecular complexity index is 690. The normalized spacial score (nSPS) is 15.6. The largest absolute Gasteiger partial charge is 0.396 e. The molecule has 0 bridgehead atoms. The summed E-state index contributed by atoms with van der Waals surface area (Å²) in [5.74, 6) is 1.36. The van der Waals surface area contributed by atoms with E-state index >= 15 is 0 Å². The van der Waals surface area contributed by atoms with Crippen molar-refractivity contribution in [1.29, 1.82) is 0 Å². The molecular weight excluding hydrogens is 342 g/mol. The van der Waals surface area contributed by atoms with Gasteiger partial charge in [-0.05, 0) is 25.6 Å². The molecule has 3 N–H and O–H groups in total. The van der Waals surface area contributed by atoms with Gasteiger partial charge < -0.3 is 20.6 Å². The second kappa shape index (κ2) is 10.1. The van der Waals surface area contributed by atoms with Crippen LogP contribution in [-0.2, 0) is 0 Å². The average molecular weight is 371 g/mol.